The predicted octanol–water partition coefficient (Wildman–Crippen LogP) is 0.485. The number of rotatable bonds is 7. The molecule has 0 saturated carbocycles. The summed E-state index contributed by atoms with van der Waals surface area (Å²) in [4.78, 5) is 37.7. The van der Waals surface area contributed by atoms with E-state index in [9.17, 15) is 14.4 Å². The molecule has 0 aromatic rings. The maximum atomic E-state index is 12.3. The molecular formula is C13H20N2O4. The summed E-state index contributed by atoms with van der Waals surface area (Å²) in [6, 6.07) is -0.837. The van der Waals surface area contributed by atoms with Crippen LogP contribution in [0.25, 0.3) is 0 Å². The molecule has 1 heterocycles. The van der Waals surface area contributed by atoms with Gasteiger partial charge in [-0.3, -0.25) is 24.2 Å². The minimum atomic E-state index is -1.02. The van der Waals surface area contributed by atoms with Gasteiger partial charge in [-0.25, -0.2) is 0 Å². The Labute approximate surface area is 112 Å². The summed E-state index contributed by atoms with van der Waals surface area (Å²) in [5, 5.41) is 8.86. The van der Waals surface area contributed by atoms with Crippen molar-refractivity contribution in [2.45, 2.75) is 38.8 Å². The second-order valence-electron chi connectivity index (χ2n) is 4.69. The number of hydrogen-bond donors (Lipinski definition) is 1. The molecule has 1 fully saturated rings. The van der Waals surface area contributed by atoms with Crippen LogP contribution in [0, 0.1) is 0 Å². The van der Waals surface area contributed by atoms with Gasteiger partial charge in [0.05, 0.1) is 19.0 Å². The third-order valence-corrected chi connectivity index (χ3v) is 3.33. The molecule has 1 rings (SSSR count). The van der Waals surface area contributed by atoms with Crippen LogP contribution in [0.5, 0.6) is 0 Å². The lowest BCUT2D eigenvalue weighted by molar-refractivity contribution is -0.142. The Morgan fingerprint density at radius 3 is 2.74 bits per heavy atom. The smallest absolute Gasteiger partial charge is 0.317 e. The highest BCUT2D eigenvalue weighted by molar-refractivity contribution is 6.06. The Hall–Kier alpha value is -1.69. The lowest BCUT2D eigenvalue weighted by atomic mass is 10.2. The summed E-state index contributed by atoms with van der Waals surface area (Å²) >= 11 is 0. The minimum Gasteiger partial charge on any atom is -0.480 e. The van der Waals surface area contributed by atoms with Crippen LogP contribution in [0.1, 0.15) is 26.7 Å². The lowest BCUT2D eigenvalue weighted by Crippen LogP contribution is -2.46. The van der Waals surface area contributed by atoms with Crippen LogP contribution in [0.3, 0.4) is 0 Å². The summed E-state index contributed by atoms with van der Waals surface area (Å²) in [7, 11) is 0. The Morgan fingerprint density at radius 2 is 2.26 bits per heavy atom. The largest absolute Gasteiger partial charge is 0.480 e. The monoisotopic (exact) mass is 268 g/mol. The van der Waals surface area contributed by atoms with Crippen LogP contribution in [-0.4, -0.2) is 57.9 Å². The number of carboxylic acids is 1. The zero-order valence-corrected chi connectivity index (χ0v) is 11.3. The van der Waals surface area contributed by atoms with E-state index < -0.39 is 12.0 Å². The van der Waals surface area contributed by atoms with Crippen LogP contribution in [0.4, 0.5) is 0 Å². The fourth-order valence-electron chi connectivity index (χ4n) is 2.21. The molecule has 0 bridgehead atoms. The molecule has 0 aromatic heterocycles. The Bertz CT molecular complexity index is 394. The molecule has 6 nitrogen and oxygen atoms in total. The van der Waals surface area contributed by atoms with Gasteiger partial charge in [0.1, 0.15) is 0 Å². The molecule has 0 spiro atoms. The second kappa shape index (κ2) is 6.47. The van der Waals surface area contributed by atoms with Gasteiger partial charge in [-0.2, -0.15) is 0 Å². The number of hydrogen-bond acceptors (Lipinski definition) is 4. The van der Waals surface area contributed by atoms with E-state index >= 15 is 0 Å². The number of carboxylic acid groups (broad SMARTS) is 1. The van der Waals surface area contributed by atoms with E-state index in [0.29, 0.717) is 6.42 Å². The molecule has 1 saturated heterocycles. The van der Waals surface area contributed by atoms with Crippen molar-refractivity contribution >= 4 is 17.8 Å². The van der Waals surface area contributed by atoms with Crippen LogP contribution in [0.2, 0.25) is 0 Å². The molecule has 0 aliphatic carbocycles. The molecule has 106 valence electrons. The molecule has 0 radical (unpaired) electrons. The average Bonchev–Trinajstić information content (AvgIpc) is 2.63. The number of aliphatic carboxylic acids is 1. The maximum Gasteiger partial charge on any atom is 0.317 e. The van der Waals surface area contributed by atoms with Gasteiger partial charge >= 0.3 is 5.97 Å². The highest BCUT2D eigenvalue weighted by Gasteiger charge is 2.43. The first-order valence-electron chi connectivity index (χ1n) is 6.35. The number of carbonyl (C=O) groups is 3. The topological polar surface area (TPSA) is 77.9 Å². The van der Waals surface area contributed by atoms with Crippen molar-refractivity contribution in [2.24, 2.45) is 0 Å². The van der Waals surface area contributed by atoms with Gasteiger partial charge in [0.2, 0.25) is 11.8 Å². The SMILES string of the molecule is C=CCN(CC(=O)O)C1CC(=O)N(C(C)CC)C1=O. The van der Waals surface area contributed by atoms with E-state index in [1.807, 2.05) is 13.8 Å². The highest BCUT2D eigenvalue weighted by atomic mass is 16.4. The van der Waals surface area contributed by atoms with Crippen molar-refractivity contribution in [1.29, 1.82) is 0 Å². The number of imide groups is 1. The maximum absolute atomic E-state index is 12.3. The standard InChI is InChI=1S/C13H20N2O4/c1-4-6-14(8-12(17)18)10-7-11(16)15(13(10)19)9(3)5-2/h4,9-10H,1,5-8H2,2-3H3,(H,17,18). The lowest BCUT2D eigenvalue weighted by Gasteiger charge is -2.26. The van der Waals surface area contributed by atoms with Crippen molar-refractivity contribution in [3.63, 3.8) is 0 Å². The zero-order chi connectivity index (χ0) is 14.6. The third kappa shape index (κ3) is 3.41. The van der Waals surface area contributed by atoms with Gasteiger partial charge < -0.3 is 5.11 Å². The number of amides is 2. The first kappa shape index (κ1) is 15.4. The van der Waals surface area contributed by atoms with Crippen molar-refractivity contribution in [2.75, 3.05) is 13.1 Å². The molecule has 19 heavy (non-hydrogen) atoms. The molecular weight excluding hydrogens is 248 g/mol. The van der Waals surface area contributed by atoms with Crippen molar-refractivity contribution in [1.82, 2.24) is 9.80 Å². The van der Waals surface area contributed by atoms with Crippen molar-refractivity contribution < 1.29 is 19.5 Å². The summed E-state index contributed by atoms with van der Waals surface area (Å²) in [5.74, 6) is -1.56. The predicted molar refractivity (Wildman–Crippen MR) is 69.4 cm³/mol. The van der Waals surface area contributed by atoms with Gasteiger partial charge in [-0.05, 0) is 13.3 Å². The van der Waals surface area contributed by atoms with Gasteiger partial charge in [-0.1, -0.05) is 13.0 Å². The average molecular weight is 268 g/mol. The van der Waals surface area contributed by atoms with Gasteiger partial charge in [0, 0.05) is 12.6 Å². The summed E-state index contributed by atoms with van der Waals surface area (Å²) in [6.45, 7) is 7.26. The van der Waals surface area contributed by atoms with E-state index in [1.165, 1.54) is 15.9 Å². The summed E-state index contributed by atoms with van der Waals surface area (Å²) in [5.41, 5.74) is 0. The van der Waals surface area contributed by atoms with Gasteiger partial charge in [0.15, 0.2) is 0 Å². The van der Waals surface area contributed by atoms with E-state index in [0.717, 1.165) is 0 Å². The Balaban J connectivity index is 2.88. The minimum absolute atomic E-state index is 0.0459. The highest BCUT2D eigenvalue weighted by Crippen LogP contribution is 2.22. The molecule has 2 atom stereocenters. The quantitative estimate of drug-likeness (QED) is 0.537. The molecule has 0 aromatic carbocycles. The molecule has 2 amide bonds. The van der Waals surface area contributed by atoms with E-state index in [4.69, 9.17) is 5.11 Å². The first-order chi connectivity index (χ1) is 8.92. The normalized spacial score (nSPS) is 21.0. The van der Waals surface area contributed by atoms with Gasteiger partial charge in [0.25, 0.3) is 0 Å². The van der Waals surface area contributed by atoms with Crippen molar-refractivity contribution in [3.05, 3.63) is 12.7 Å². The number of nitrogens with zero attached hydrogens (tertiary/aromatic N) is 2. The molecule has 1 N–H and O–H groups in total. The Morgan fingerprint density at radius 1 is 1.63 bits per heavy atom. The van der Waals surface area contributed by atoms with Crippen LogP contribution in [0.15, 0.2) is 12.7 Å². The Kier molecular flexibility index (Phi) is 5.23. The number of likely N-dealkylation sites (tertiary alicyclic amines) is 1. The van der Waals surface area contributed by atoms with Gasteiger partial charge in [-0.15, -0.1) is 6.58 Å². The van der Waals surface area contributed by atoms with E-state index in [2.05, 4.69) is 6.58 Å². The second-order valence-corrected chi connectivity index (χ2v) is 4.69. The fraction of sp³-hybridized carbons (Fsp3) is 0.615. The molecule has 6 heteroatoms. The van der Waals surface area contributed by atoms with Crippen LogP contribution >= 0.6 is 0 Å². The summed E-state index contributed by atoms with van der Waals surface area (Å²) in [6.07, 6.45) is 2.27. The number of carbonyl (C=O) groups excluding carboxylic acids is 2. The third-order valence-electron chi connectivity index (χ3n) is 3.33. The van der Waals surface area contributed by atoms with E-state index in [-0.39, 0.29) is 37.4 Å². The molecule has 1 aliphatic rings. The molecule has 1 aliphatic heterocycles. The van der Waals surface area contributed by atoms with Crippen LogP contribution in [-0.2, 0) is 14.4 Å². The fourth-order valence-corrected chi connectivity index (χ4v) is 2.21. The zero-order valence-electron chi connectivity index (χ0n) is 11.3. The first-order valence-corrected chi connectivity index (χ1v) is 6.35. The molecule has 2 unspecified atom stereocenters. The van der Waals surface area contributed by atoms with E-state index in [1.54, 1.807) is 0 Å². The summed E-state index contributed by atoms with van der Waals surface area (Å²) < 4.78 is 0. The van der Waals surface area contributed by atoms with Crippen molar-refractivity contribution in [3.8, 4) is 0 Å². The van der Waals surface area contributed by atoms with Crippen LogP contribution < -0.4 is 0 Å².